The molecule has 0 aliphatic carbocycles. The Morgan fingerprint density at radius 1 is 1.05 bits per heavy atom. The molecule has 0 aliphatic heterocycles. The molecule has 0 unspecified atom stereocenters. The van der Waals surface area contributed by atoms with Gasteiger partial charge in [0.25, 0.3) is 0 Å². The van der Waals surface area contributed by atoms with Crippen LogP contribution in [-0.4, -0.2) is 71.2 Å². The molecule has 0 amide bonds. The van der Waals surface area contributed by atoms with Crippen LogP contribution in [0, 0.1) is 0 Å². The molecule has 0 aromatic rings. The summed E-state index contributed by atoms with van der Waals surface area (Å²) in [5.41, 5.74) is 5.32. The number of rotatable bonds is 11. The highest BCUT2D eigenvalue weighted by atomic mass is 31.2. The van der Waals surface area contributed by atoms with E-state index in [2.05, 4.69) is 0 Å². The van der Waals surface area contributed by atoms with E-state index in [1.54, 1.807) is 13.8 Å². The maximum absolute atomic E-state index is 11.9. The molecule has 4 atom stereocenters. The third-order valence-electron chi connectivity index (χ3n) is 2.37. The van der Waals surface area contributed by atoms with Crippen LogP contribution in [0.25, 0.3) is 0 Å². The van der Waals surface area contributed by atoms with E-state index in [0.29, 0.717) is 0 Å². The van der Waals surface area contributed by atoms with Crippen LogP contribution >= 0.6 is 7.82 Å². The van der Waals surface area contributed by atoms with Crippen molar-refractivity contribution in [1.29, 1.82) is 0 Å². The zero-order valence-corrected chi connectivity index (χ0v) is 12.5. The van der Waals surface area contributed by atoms with Gasteiger partial charge in [-0.05, 0) is 13.8 Å². The van der Waals surface area contributed by atoms with Crippen molar-refractivity contribution in [2.24, 2.45) is 5.73 Å². The van der Waals surface area contributed by atoms with Crippen molar-refractivity contribution in [3.05, 3.63) is 0 Å². The molecular weight excluding hydrogens is 293 g/mol. The quantitative estimate of drug-likeness (QED) is 0.289. The summed E-state index contributed by atoms with van der Waals surface area (Å²) >= 11 is 0. The molecule has 0 aromatic carbocycles. The van der Waals surface area contributed by atoms with E-state index in [1.165, 1.54) is 0 Å². The Bertz CT molecular complexity index is 295. The first-order valence-corrected chi connectivity index (χ1v) is 7.71. The van der Waals surface area contributed by atoms with Crippen LogP contribution in [0.1, 0.15) is 13.8 Å². The zero-order chi connectivity index (χ0) is 15.8. The van der Waals surface area contributed by atoms with E-state index < -0.39 is 45.4 Å². The Kier molecular flexibility index (Phi) is 9.73. The second kappa shape index (κ2) is 9.78. The van der Waals surface area contributed by atoms with E-state index in [1.807, 2.05) is 0 Å². The number of hydrogen-bond donors (Lipinski definition) is 5. The molecule has 0 radical (unpaired) electrons. The molecule has 0 saturated heterocycles. The van der Waals surface area contributed by atoms with E-state index in [9.17, 15) is 19.9 Å². The first-order chi connectivity index (χ1) is 9.31. The molecule has 20 heavy (non-hydrogen) atoms. The van der Waals surface area contributed by atoms with Crippen molar-refractivity contribution in [3.63, 3.8) is 0 Å². The summed E-state index contributed by atoms with van der Waals surface area (Å²) in [6.45, 7) is 2.17. The first-order valence-electron chi connectivity index (χ1n) is 6.25. The van der Waals surface area contributed by atoms with Crippen molar-refractivity contribution < 1.29 is 38.6 Å². The van der Waals surface area contributed by atoms with Crippen molar-refractivity contribution in [1.82, 2.24) is 0 Å². The predicted molar refractivity (Wildman–Crippen MR) is 69.9 cm³/mol. The molecule has 0 aliphatic rings. The van der Waals surface area contributed by atoms with Gasteiger partial charge in [-0.15, -0.1) is 0 Å². The van der Waals surface area contributed by atoms with E-state index >= 15 is 0 Å². The lowest BCUT2D eigenvalue weighted by molar-refractivity contribution is -0.0875. The molecular formula is C10H24NO8P. The van der Waals surface area contributed by atoms with Crippen LogP contribution < -0.4 is 5.73 Å². The molecule has 9 nitrogen and oxygen atoms in total. The Labute approximate surface area is 117 Å². The summed E-state index contributed by atoms with van der Waals surface area (Å²) in [6.07, 6.45) is -4.80. The fourth-order valence-electron chi connectivity index (χ4n) is 1.28. The van der Waals surface area contributed by atoms with Crippen molar-refractivity contribution in [2.75, 3.05) is 26.4 Å². The minimum absolute atomic E-state index is 0.0773. The van der Waals surface area contributed by atoms with Crippen molar-refractivity contribution in [3.8, 4) is 0 Å². The number of aliphatic hydroxyl groups is 4. The second-order valence-corrected chi connectivity index (χ2v) is 5.64. The van der Waals surface area contributed by atoms with E-state index in [4.69, 9.17) is 24.4 Å². The SMILES string of the molecule is CCOP(=O)(OCC)OC[C@@H](O)[C@@H](O)[C@H](O)[C@@H](N)CO. The van der Waals surface area contributed by atoms with E-state index in [0.717, 1.165) is 0 Å². The van der Waals surface area contributed by atoms with Crippen LogP contribution in [0.2, 0.25) is 0 Å². The summed E-state index contributed by atoms with van der Waals surface area (Å²) < 4.78 is 26.4. The molecule has 0 spiro atoms. The number of phosphoric ester groups is 1. The van der Waals surface area contributed by atoms with Gasteiger partial charge in [0.05, 0.1) is 38.6 Å². The van der Waals surface area contributed by atoms with Crippen LogP contribution in [0.4, 0.5) is 0 Å². The summed E-state index contributed by atoms with van der Waals surface area (Å²) in [5, 5.41) is 37.5. The van der Waals surface area contributed by atoms with Gasteiger partial charge in [0.2, 0.25) is 0 Å². The Balaban J connectivity index is 4.44. The molecule has 0 rings (SSSR count). The molecule has 0 heterocycles. The summed E-state index contributed by atoms with van der Waals surface area (Å²) in [4.78, 5) is 0. The topological polar surface area (TPSA) is 152 Å². The Hall–Kier alpha value is -0.0900. The molecule has 6 N–H and O–H groups in total. The molecule has 0 aromatic heterocycles. The van der Waals surface area contributed by atoms with Crippen molar-refractivity contribution in [2.45, 2.75) is 38.2 Å². The number of phosphoric acid groups is 1. The number of aliphatic hydroxyl groups excluding tert-OH is 4. The third kappa shape index (κ3) is 6.57. The van der Waals surface area contributed by atoms with Gasteiger partial charge in [-0.25, -0.2) is 4.57 Å². The fourth-order valence-corrected chi connectivity index (χ4v) is 2.47. The molecule has 122 valence electrons. The van der Waals surface area contributed by atoms with E-state index in [-0.39, 0.29) is 13.2 Å². The van der Waals surface area contributed by atoms with Crippen LogP contribution in [-0.2, 0) is 18.1 Å². The average molecular weight is 317 g/mol. The first kappa shape index (κ1) is 19.9. The minimum atomic E-state index is -3.81. The van der Waals surface area contributed by atoms with Gasteiger partial charge >= 0.3 is 7.82 Å². The summed E-state index contributed by atoms with van der Waals surface area (Å²) in [7, 11) is -3.81. The normalized spacial score (nSPS) is 18.6. The molecule has 0 fully saturated rings. The van der Waals surface area contributed by atoms with Gasteiger partial charge in [-0.1, -0.05) is 0 Å². The molecule has 10 heteroatoms. The summed E-state index contributed by atoms with van der Waals surface area (Å²) in [6, 6.07) is -1.12. The third-order valence-corrected chi connectivity index (χ3v) is 3.99. The minimum Gasteiger partial charge on any atom is -0.395 e. The predicted octanol–water partition coefficient (Wildman–Crippen LogP) is -1.41. The zero-order valence-electron chi connectivity index (χ0n) is 11.6. The molecule has 0 bridgehead atoms. The molecule has 0 saturated carbocycles. The number of hydrogen-bond acceptors (Lipinski definition) is 9. The Morgan fingerprint density at radius 2 is 1.55 bits per heavy atom. The highest BCUT2D eigenvalue weighted by Gasteiger charge is 2.33. The fraction of sp³-hybridized carbons (Fsp3) is 1.00. The lowest BCUT2D eigenvalue weighted by Gasteiger charge is -2.27. The highest BCUT2D eigenvalue weighted by Crippen LogP contribution is 2.49. The van der Waals surface area contributed by atoms with Crippen molar-refractivity contribution >= 4 is 7.82 Å². The van der Waals surface area contributed by atoms with Gasteiger partial charge in [-0.2, -0.15) is 0 Å². The van der Waals surface area contributed by atoms with Gasteiger partial charge < -0.3 is 26.2 Å². The van der Waals surface area contributed by atoms with Crippen LogP contribution in [0.15, 0.2) is 0 Å². The van der Waals surface area contributed by atoms with Crippen LogP contribution in [0.5, 0.6) is 0 Å². The smallest absolute Gasteiger partial charge is 0.395 e. The van der Waals surface area contributed by atoms with Gasteiger partial charge in [0, 0.05) is 0 Å². The Morgan fingerprint density at radius 3 is 1.95 bits per heavy atom. The standard InChI is InChI=1S/C10H24NO8P/c1-3-17-20(16,18-4-2)19-6-8(13)10(15)9(14)7(11)5-12/h7-10,12-15H,3-6,11H2,1-2H3/t7-,8+,9+,10+/m0/s1. The highest BCUT2D eigenvalue weighted by molar-refractivity contribution is 7.48. The van der Waals surface area contributed by atoms with Gasteiger partial charge in [-0.3, -0.25) is 13.6 Å². The largest absolute Gasteiger partial charge is 0.474 e. The van der Waals surface area contributed by atoms with Crippen LogP contribution in [0.3, 0.4) is 0 Å². The average Bonchev–Trinajstić information content (AvgIpc) is 2.42. The monoisotopic (exact) mass is 317 g/mol. The maximum Gasteiger partial charge on any atom is 0.474 e. The number of nitrogens with two attached hydrogens (primary N) is 1. The summed E-state index contributed by atoms with van der Waals surface area (Å²) in [5.74, 6) is 0. The van der Waals surface area contributed by atoms with Gasteiger partial charge in [0.15, 0.2) is 0 Å². The van der Waals surface area contributed by atoms with Gasteiger partial charge in [0.1, 0.15) is 12.2 Å². The lowest BCUT2D eigenvalue weighted by atomic mass is 10.0. The lowest BCUT2D eigenvalue weighted by Crippen LogP contribution is -2.50. The maximum atomic E-state index is 11.9. The second-order valence-electron chi connectivity index (χ2n) is 3.97.